The third kappa shape index (κ3) is 2.35. The van der Waals surface area contributed by atoms with E-state index in [9.17, 15) is 5.26 Å². The van der Waals surface area contributed by atoms with Crippen LogP contribution in [0.4, 0.5) is 5.69 Å². The zero-order valence-corrected chi connectivity index (χ0v) is 13.8. The number of hydrogen-bond donors (Lipinski definition) is 0. The molecule has 0 saturated heterocycles. The van der Waals surface area contributed by atoms with Crippen LogP contribution in [0, 0.1) is 17.9 Å². The van der Waals surface area contributed by atoms with E-state index in [1.165, 1.54) is 0 Å². The molecular weight excluding hydrogens is 328 g/mol. The Bertz CT molecular complexity index is 1060. The van der Waals surface area contributed by atoms with Gasteiger partial charge in [-0.05, 0) is 11.1 Å². The summed E-state index contributed by atoms with van der Waals surface area (Å²) in [5.41, 5.74) is 5.09. The molecule has 0 fully saturated rings. The van der Waals surface area contributed by atoms with Gasteiger partial charge in [-0.25, -0.2) is 4.85 Å². The second-order valence-electron chi connectivity index (χ2n) is 5.39. The van der Waals surface area contributed by atoms with Gasteiger partial charge in [0.2, 0.25) is 5.69 Å². The Morgan fingerprint density at radius 3 is 1.88 bits per heavy atom. The minimum absolute atomic E-state index is 0.327. The van der Waals surface area contributed by atoms with Crippen LogP contribution in [0.3, 0.4) is 0 Å². The molecule has 1 heterocycles. The summed E-state index contributed by atoms with van der Waals surface area (Å²) in [6, 6.07) is 21.4. The molecule has 0 aliphatic heterocycles. The second-order valence-corrected chi connectivity index (χ2v) is 5.92. The highest BCUT2D eigenvalue weighted by Crippen LogP contribution is 2.45. The number of rotatable bonds is 2. The number of aromatic nitrogens is 2. The van der Waals surface area contributed by atoms with Crippen molar-refractivity contribution in [2.45, 2.75) is 0 Å². The van der Waals surface area contributed by atoms with Gasteiger partial charge >= 0.3 is 0 Å². The van der Waals surface area contributed by atoms with Crippen molar-refractivity contribution in [3.63, 3.8) is 0 Å². The molecule has 0 N–H and O–H groups in total. The molecule has 1 aromatic heterocycles. The molecule has 5 heteroatoms. The number of nitrogens with zero attached hydrogens (tertiary/aromatic N) is 4. The summed E-state index contributed by atoms with van der Waals surface area (Å²) in [5, 5.41) is 9.82. The Balaban J connectivity index is 2.20. The van der Waals surface area contributed by atoms with Crippen LogP contribution in [-0.2, 0) is 0 Å². The molecule has 0 atom stereocenters. The maximum atomic E-state index is 9.82. The Kier molecular flexibility index (Phi) is 3.70. The van der Waals surface area contributed by atoms with Crippen LogP contribution >= 0.6 is 11.7 Å². The fraction of sp³-hybridized carbons (Fsp3) is 0. The molecule has 4 rings (SSSR count). The first kappa shape index (κ1) is 15.0. The molecule has 4 nitrogen and oxygen atoms in total. The van der Waals surface area contributed by atoms with E-state index in [4.69, 9.17) is 6.57 Å². The van der Waals surface area contributed by atoms with Crippen molar-refractivity contribution >= 4 is 28.4 Å². The lowest BCUT2D eigenvalue weighted by molar-refractivity contribution is 1.48. The molecule has 0 saturated carbocycles. The van der Waals surface area contributed by atoms with Crippen LogP contribution in [-0.4, -0.2) is 8.75 Å². The van der Waals surface area contributed by atoms with Gasteiger partial charge in [-0.3, -0.25) is 0 Å². The standard InChI is InChI=1S/C20H10N4S/c1-22-18-15(12-21)16(13-8-4-2-5-9-13)19-20(24-25-23-19)17(18)14-10-6-3-7-11-14/h2-11H. The van der Waals surface area contributed by atoms with Crippen molar-refractivity contribution in [2.24, 2.45) is 0 Å². The van der Waals surface area contributed by atoms with Crippen LogP contribution in [0.15, 0.2) is 60.7 Å². The first-order chi connectivity index (χ1) is 12.3. The van der Waals surface area contributed by atoms with Gasteiger partial charge in [0.15, 0.2) is 0 Å². The van der Waals surface area contributed by atoms with Gasteiger partial charge < -0.3 is 0 Å². The van der Waals surface area contributed by atoms with E-state index in [1.54, 1.807) is 0 Å². The van der Waals surface area contributed by atoms with E-state index in [0.29, 0.717) is 33.4 Å². The molecule has 0 spiro atoms. The van der Waals surface area contributed by atoms with Gasteiger partial charge in [0, 0.05) is 11.1 Å². The number of benzene rings is 3. The zero-order chi connectivity index (χ0) is 17.2. The van der Waals surface area contributed by atoms with Crippen molar-refractivity contribution in [2.75, 3.05) is 0 Å². The first-order valence-electron chi connectivity index (χ1n) is 7.55. The molecule has 0 aliphatic carbocycles. The van der Waals surface area contributed by atoms with Crippen LogP contribution in [0.5, 0.6) is 0 Å². The third-order valence-corrected chi connectivity index (χ3v) is 4.56. The smallest absolute Gasteiger partial charge is 0.215 e. The Labute approximate surface area is 148 Å². The summed E-state index contributed by atoms with van der Waals surface area (Å²) in [6.07, 6.45) is 0. The monoisotopic (exact) mass is 338 g/mol. The topological polar surface area (TPSA) is 53.9 Å². The molecule has 0 amide bonds. The van der Waals surface area contributed by atoms with Crippen LogP contribution in [0.2, 0.25) is 0 Å². The van der Waals surface area contributed by atoms with E-state index in [2.05, 4.69) is 19.7 Å². The number of hydrogen-bond acceptors (Lipinski definition) is 4. The summed E-state index contributed by atoms with van der Waals surface area (Å²) in [7, 11) is 0. The maximum absolute atomic E-state index is 9.82. The summed E-state index contributed by atoms with van der Waals surface area (Å²) in [5.74, 6) is 0. The van der Waals surface area contributed by atoms with Gasteiger partial charge in [-0.1, -0.05) is 60.7 Å². The van der Waals surface area contributed by atoms with E-state index in [-0.39, 0.29) is 0 Å². The lowest BCUT2D eigenvalue weighted by Gasteiger charge is -2.12. The maximum Gasteiger partial charge on any atom is 0.215 e. The van der Waals surface area contributed by atoms with Crippen molar-refractivity contribution in [3.8, 4) is 28.3 Å². The van der Waals surface area contributed by atoms with Gasteiger partial charge in [-0.2, -0.15) is 14.0 Å². The lowest BCUT2D eigenvalue weighted by atomic mass is 9.91. The molecule has 25 heavy (non-hydrogen) atoms. The SMILES string of the molecule is [C-]#[N+]c1c(C#N)c(-c2ccccc2)c2nsnc2c1-c1ccccc1. The van der Waals surface area contributed by atoms with Crippen LogP contribution < -0.4 is 0 Å². The van der Waals surface area contributed by atoms with Crippen LogP contribution in [0.1, 0.15) is 5.56 Å². The highest BCUT2D eigenvalue weighted by molar-refractivity contribution is 7.00. The quantitative estimate of drug-likeness (QED) is 0.457. The Hall–Kier alpha value is -3.54. The molecule has 4 aromatic rings. The Morgan fingerprint density at radius 2 is 1.36 bits per heavy atom. The van der Waals surface area contributed by atoms with Gasteiger partial charge in [-0.15, -0.1) is 0 Å². The zero-order valence-electron chi connectivity index (χ0n) is 13.0. The summed E-state index contributed by atoms with van der Waals surface area (Å²) >= 11 is 1.10. The summed E-state index contributed by atoms with van der Waals surface area (Å²) < 4.78 is 8.88. The van der Waals surface area contributed by atoms with Gasteiger partial charge in [0.25, 0.3) is 0 Å². The van der Waals surface area contributed by atoms with E-state index < -0.39 is 0 Å². The minimum Gasteiger partial charge on any atom is -0.236 e. The van der Waals surface area contributed by atoms with Crippen molar-refractivity contribution in [1.29, 1.82) is 5.26 Å². The lowest BCUT2D eigenvalue weighted by Crippen LogP contribution is -1.92. The van der Waals surface area contributed by atoms with E-state index in [0.717, 1.165) is 22.9 Å². The van der Waals surface area contributed by atoms with Crippen LogP contribution in [0.25, 0.3) is 38.1 Å². The largest absolute Gasteiger partial charge is 0.236 e. The molecule has 3 aromatic carbocycles. The average Bonchev–Trinajstić information content (AvgIpc) is 3.16. The molecular formula is C20H10N4S. The molecule has 0 aliphatic rings. The molecule has 0 bridgehead atoms. The molecule has 0 unspecified atom stereocenters. The minimum atomic E-state index is 0.327. The normalized spacial score (nSPS) is 10.3. The second kappa shape index (κ2) is 6.16. The number of nitriles is 1. The predicted octanol–water partition coefficient (Wildman–Crippen LogP) is 5.45. The molecule has 0 radical (unpaired) electrons. The third-order valence-electron chi connectivity index (χ3n) is 4.03. The predicted molar refractivity (Wildman–Crippen MR) is 99.3 cm³/mol. The van der Waals surface area contributed by atoms with Crippen molar-refractivity contribution < 1.29 is 0 Å². The van der Waals surface area contributed by atoms with Gasteiger partial charge in [0.05, 0.1) is 29.9 Å². The van der Waals surface area contributed by atoms with Crippen molar-refractivity contribution in [1.82, 2.24) is 8.75 Å². The first-order valence-corrected chi connectivity index (χ1v) is 8.28. The highest BCUT2D eigenvalue weighted by Gasteiger charge is 2.24. The highest BCUT2D eigenvalue weighted by atomic mass is 32.1. The Morgan fingerprint density at radius 1 is 0.840 bits per heavy atom. The molecule has 116 valence electrons. The van der Waals surface area contributed by atoms with E-state index >= 15 is 0 Å². The van der Waals surface area contributed by atoms with E-state index in [1.807, 2.05) is 60.7 Å². The van der Waals surface area contributed by atoms with Gasteiger partial charge in [0.1, 0.15) is 11.0 Å². The summed E-state index contributed by atoms with van der Waals surface area (Å²) in [4.78, 5) is 3.70. The van der Waals surface area contributed by atoms with Crippen molar-refractivity contribution in [3.05, 3.63) is 77.6 Å². The fourth-order valence-corrected chi connectivity index (χ4v) is 3.53. The average molecular weight is 338 g/mol. The summed E-state index contributed by atoms with van der Waals surface area (Å²) in [6.45, 7) is 7.69. The number of fused-ring (bicyclic) bond motifs is 1. The fourth-order valence-electron chi connectivity index (χ4n) is 2.98.